The number of nitrogens with two attached hydrogens (primary N) is 1. The fourth-order valence-electron chi connectivity index (χ4n) is 3.14. The molecule has 1 aromatic carbocycles. The molecule has 2 aliphatic rings. The third-order valence-electron chi connectivity index (χ3n) is 4.18. The summed E-state index contributed by atoms with van der Waals surface area (Å²) in [6.45, 7) is 5.19. The summed E-state index contributed by atoms with van der Waals surface area (Å²) in [6.07, 6.45) is 2.67. The summed E-state index contributed by atoms with van der Waals surface area (Å²) in [6, 6.07) is 6.93. The summed E-state index contributed by atoms with van der Waals surface area (Å²) in [5.74, 6) is 0. The number of anilines is 1. The van der Waals surface area contributed by atoms with Gasteiger partial charge in [-0.25, -0.2) is 0 Å². The van der Waals surface area contributed by atoms with Crippen LogP contribution in [0.25, 0.3) is 0 Å². The molecule has 2 aliphatic heterocycles. The van der Waals surface area contributed by atoms with Crippen molar-refractivity contribution >= 4 is 17.3 Å². The number of rotatable bonds is 2. The summed E-state index contributed by atoms with van der Waals surface area (Å²) < 4.78 is 0. The van der Waals surface area contributed by atoms with E-state index in [2.05, 4.69) is 21.9 Å². The summed E-state index contributed by atoms with van der Waals surface area (Å²) in [5, 5.41) is 0.837. The summed E-state index contributed by atoms with van der Waals surface area (Å²) in [4.78, 5) is 5.04. The van der Waals surface area contributed by atoms with Gasteiger partial charge in [0.2, 0.25) is 0 Å². The van der Waals surface area contributed by atoms with E-state index in [9.17, 15) is 0 Å². The fourth-order valence-corrected chi connectivity index (χ4v) is 3.47. The van der Waals surface area contributed by atoms with Crippen molar-refractivity contribution in [2.75, 3.05) is 31.1 Å². The van der Waals surface area contributed by atoms with Crippen molar-refractivity contribution in [2.24, 2.45) is 5.73 Å². The first-order valence-corrected chi connectivity index (χ1v) is 7.13. The van der Waals surface area contributed by atoms with Gasteiger partial charge in [-0.1, -0.05) is 17.7 Å². The molecule has 0 saturated carbocycles. The Bertz CT molecular complexity index is 435. The maximum Gasteiger partial charge on any atom is 0.0642 e. The smallest absolute Gasteiger partial charge is 0.0642 e. The highest BCUT2D eigenvalue weighted by molar-refractivity contribution is 6.33. The second-order valence-corrected chi connectivity index (χ2v) is 5.68. The van der Waals surface area contributed by atoms with Gasteiger partial charge in [-0.2, -0.15) is 0 Å². The average Bonchev–Trinajstić information content (AvgIpc) is 2.85. The minimum atomic E-state index is 0.552. The number of nitrogens with zero attached hydrogens (tertiary/aromatic N) is 2. The van der Waals surface area contributed by atoms with E-state index in [4.69, 9.17) is 17.3 Å². The molecule has 4 heteroatoms. The molecule has 0 amide bonds. The lowest BCUT2D eigenvalue weighted by Crippen LogP contribution is -2.50. The van der Waals surface area contributed by atoms with Crippen molar-refractivity contribution < 1.29 is 0 Å². The molecule has 2 fully saturated rings. The van der Waals surface area contributed by atoms with Crippen LogP contribution in [0.2, 0.25) is 5.02 Å². The molecule has 0 bridgehead atoms. The van der Waals surface area contributed by atoms with Gasteiger partial charge in [0, 0.05) is 32.2 Å². The van der Waals surface area contributed by atoms with Crippen LogP contribution in [0.4, 0.5) is 5.69 Å². The first-order valence-electron chi connectivity index (χ1n) is 6.75. The van der Waals surface area contributed by atoms with E-state index < -0.39 is 0 Å². The van der Waals surface area contributed by atoms with Crippen LogP contribution in [0, 0.1) is 0 Å². The zero-order valence-corrected chi connectivity index (χ0v) is 11.4. The van der Waals surface area contributed by atoms with Crippen LogP contribution in [0.3, 0.4) is 0 Å². The fraction of sp³-hybridized carbons (Fsp3) is 0.571. The second kappa shape index (κ2) is 5.08. The molecule has 3 nitrogen and oxygen atoms in total. The van der Waals surface area contributed by atoms with Gasteiger partial charge in [0.25, 0.3) is 0 Å². The van der Waals surface area contributed by atoms with Crippen LogP contribution in [-0.4, -0.2) is 37.1 Å². The van der Waals surface area contributed by atoms with E-state index in [0.29, 0.717) is 6.54 Å². The van der Waals surface area contributed by atoms with Gasteiger partial charge in [-0.3, -0.25) is 4.90 Å². The number of hydrogen-bond donors (Lipinski definition) is 1. The number of hydrogen-bond acceptors (Lipinski definition) is 3. The first-order chi connectivity index (χ1) is 8.78. The Kier molecular flexibility index (Phi) is 3.46. The van der Waals surface area contributed by atoms with E-state index in [0.717, 1.165) is 29.7 Å². The third-order valence-corrected chi connectivity index (χ3v) is 4.48. The molecule has 1 aromatic rings. The maximum absolute atomic E-state index is 6.37. The van der Waals surface area contributed by atoms with Gasteiger partial charge in [0.15, 0.2) is 0 Å². The van der Waals surface area contributed by atoms with E-state index in [-0.39, 0.29) is 0 Å². The van der Waals surface area contributed by atoms with E-state index >= 15 is 0 Å². The average molecular weight is 266 g/mol. The molecular formula is C14H20ClN3. The lowest BCUT2D eigenvalue weighted by Gasteiger charge is -2.39. The zero-order valence-electron chi connectivity index (χ0n) is 10.6. The zero-order chi connectivity index (χ0) is 12.5. The second-order valence-electron chi connectivity index (χ2n) is 5.27. The molecule has 18 heavy (non-hydrogen) atoms. The lowest BCUT2D eigenvalue weighted by molar-refractivity contribution is 0.231. The standard InChI is InChI=1S/C14H20ClN3/c15-13-8-11(9-16)3-4-14(13)18-7-6-17-5-1-2-12(17)10-18/h3-4,8,12H,1-2,5-7,9-10,16H2. The molecular weight excluding hydrogens is 246 g/mol. The number of benzene rings is 1. The summed E-state index contributed by atoms with van der Waals surface area (Å²) in [7, 11) is 0. The molecule has 2 saturated heterocycles. The van der Waals surface area contributed by atoms with Gasteiger partial charge in [-0.15, -0.1) is 0 Å². The Hall–Kier alpha value is -0.770. The Morgan fingerprint density at radius 1 is 1.28 bits per heavy atom. The Labute approximate surface area is 114 Å². The van der Waals surface area contributed by atoms with Gasteiger partial charge < -0.3 is 10.6 Å². The van der Waals surface area contributed by atoms with Crippen LogP contribution in [0.15, 0.2) is 18.2 Å². The van der Waals surface area contributed by atoms with Crippen LogP contribution >= 0.6 is 11.6 Å². The predicted octanol–water partition coefficient (Wildman–Crippen LogP) is 2.08. The Morgan fingerprint density at radius 3 is 2.94 bits per heavy atom. The van der Waals surface area contributed by atoms with Crippen molar-refractivity contribution in [3.05, 3.63) is 28.8 Å². The predicted molar refractivity (Wildman–Crippen MR) is 76.2 cm³/mol. The lowest BCUT2D eigenvalue weighted by atomic mass is 10.1. The maximum atomic E-state index is 6.37. The monoisotopic (exact) mass is 265 g/mol. The molecule has 3 rings (SSSR count). The van der Waals surface area contributed by atoms with Gasteiger partial charge >= 0.3 is 0 Å². The molecule has 1 unspecified atom stereocenters. The Balaban J connectivity index is 1.78. The number of halogens is 1. The van der Waals surface area contributed by atoms with Crippen molar-refractivity contribution in [1.29, 1.82) is 0 Å². The normalized spacial score (nSPS) is 24.3. The highest BCUT2D eigenvalue weighted by atomic mass is 35.5. The van der Waals surface area contributed by atoms with Gasteiger partial charge in [0.1, 0.15) is 0 Å². The van der Waals surface area contributed by atoms with Crippen molar-refractivity contribution in [3.8, 4) is 0 Å². The highest BCUT2D eigenvalue weighted by Crippen LogP contribution is 2.31. The number of fused-ring (bicyclic) bond motifs is 1. The summed E-state index contributed by atoms with van der Waals surface area (Å²) >= 11 is 6.37. The third kappa shape index (κ3) is 2.22. The van der Waals surface area contributed by atoms with Crippen LogP contribution in [0.1, 0.15) is 18.4 Å². The highest BCUT2D eigenvalue weighted by Gasteiger charge is 2.31. The van der Waals surface area contributed by atoms with Crippen LogP contribution in [-0.2, 0) is 6.54 Å². The SMILES string of the molecule is NCc1ccc(N2CCN3CCCC3C2)c(Cl)c1. The van der Waals surface area contributed by atoms with Crippen molar-refractivity contribution in [2.45, 2.75) is 25.4 Å². The molecule has 1 atom stereocenters. The molecule has 0 spiro atoms. The molecule has 2 heterocycles. The Morgan fingerprint density at radius 2 is 2.17 bits per heavy atom. The van der Waals surface area contributed by atoms with Crippen molar-refractivity contribution in [1.82, 2.24) is 4.90 Å². The van der Waals surface area contributed by atoms with E-state index in [1.807, 2.05) is 6.07 Å². The number of piperazine rings is 1. The van der Waals surface area contributed by atoms with Crippen LogP contribution < -0.4 is 10.6 Å². The molecule has 0 radical (unpaired) electrons. The van der Waals surface area contributed by atoms with Crippen molar-refractivity contribution in [3.63, 3.8) is 0 Å². The molecule has 2 N–H and O–H groups in total. The first kappa shape index (κ1) is 12.3. The van der Waals surface area contributed by atoms with Gasteiger partial charge in [0.05, 0.1) is 10.7 Å². The molecule has 98 valence electrons. The van der Waals surface area contributed by atoms with E-state index in [1.54, 1.807) is 0 Å². The molecule has 0 aromatic heterocycles. The van der Waals surface area contributed by atoms with Gasteiger partial charge in [-0.05, 0) is 37.1 Å². The minimum Gasteiger partial charge on any atom is -0.367 e. The van der Waals surface area contributed by atoms with Crippen LogP contribution in [0.5, 0.6) is 0 Å². The topological polar surface area (TPSA) is 32.5 Å². The van der Waals surface area contributed by atoms with E-state index in [1.165, 1.54) is 31.6 Å². The summed E-state index contributed by atoms with van der Waals surface area (Å²) in [5.41, 5.74) is 7.91. The minimum absolute atomic E-state index is 0.552. The molecule has 0 aliphatic carbocycles. The quantitative estimate of drug-likeness (QED) is 0.889. The largest absolute Gasteiger partial charge is 0.367 e.